The summed E-state index contributed by atoms with van der Waals surface area (Å²) in [7, 11) is 0. The van der Waals surface area contributed by atoms with E-state index in [1.807, 2.05) is 56.9 Å². The summed E-state index contributed by atoms with van der Waals surface area (Å²) in [5, 5.41) is 0. The number of carbonyl (C=O) groups is 2. The number of hydrogen-bond acceptors (Lipinski definition) is 4. The SMILES string of the molecule is CCOc1cccc(C(=O)C2CC3CCC(C2)N3C(=O)OC(C)(C)C)c1. The molecule has 0 aliphatic carbocycles. The number of fused-ring (bicyclic) bond motifs is 2. The Morgan fingerprint density at radius 3 is 2.38 bits per heavy atom. The molecule has 5 nitrogen and oxygen atoms in total. The van der Waals surface area contributed by atoms with Gasteiger partial charge in [-0.15, -0.1) is 0 Å². The van der Waals surface area contributed by atoms with Gasteiger partial charge in [-0.25, -0.2) is 4.79 Å². The lowest BCUT2D eigenvalue weighted by Crippen LogP contribution is -2.49. The lowest BCUT2D eigenvalue weighted by Gasteiger charge is -2.39. The van der Waals surface area contributed by atoms with Crippen LogP contribution in [0.2, 0.25) is 0 Å². The van der Waals surface area contributed by atoms with Gasteiger partial charge < -0.3 is 14.4 Å². The maximum absolute atomic E-state index is 13.0. The van der Waals surface area contributed by atoms with Crippen molar-refractivity contribution in [2.75, 3.05) is 6.61 Å². The van der Waals surface area contributed by atoms with Crippen LogP contribution in [0.1, 0.15) is 63.7 Å². The number of nitrogens with zero attached hydrogens (tertiary/aromatic N) is 1. The van der Waals surface area contributed by atoms with Crippen LogP contribution < -0.4 is 4.74 Å². The molecule has 1 aromatic carbocycles. The van der Waals surface area contributed by atoms with E-state index < -0.39 is 5.60 Å². The third-order valence-corrected chi connectivity index (χ3v) is 5.14. The molecule has 0 N–H and O–H groups in total. The first-order valence-corrected chi connectivity index (χ1v) is 9.57. The smallest absolute Gasteiger partial charge is 0.410 e. The number of ketones is 1. The van der Waals surface area contributed by atoms with Crippen molar-refractivity contribution in [2.45, 2.75) is 71.1 Å². The van der Waals surface area contributed by atoms with Crippen LogP contribution in [-0.2, 0) is 4.74 Å². The molecule has 2 fully saturated rings. The maximum Gasteiger partial charge on any atom is 0.410 e. The van der Waals surface area contributed by atoms with E-state index in [0.717, 1.165) is 18.6 Å². The molecule has 2 aliphatic heterocycles. The Balaban J connectivity index is 1.69. The Labute approximate surface area is 155 Å². The second-order valence-electron chi connectivity index (χ2n) is 8.27. The lowest BCUT2D eigenvalue weighted by molar-refractivity contribution is 0.00254. The predicted octanol–water partition coefficient (Wildman–Crippen LogP) is 4.45. The minimum absolute atomic E-state index is 0.0388. The van der Waals surface area contributed by atoms with Crippen molar-refractivity contribution in [2.24, 2.45) is 5.92 Å². The largest absolute Gasteiger partial charge is 0.494 e. The van der Waals surface area contributed by atoms with Gasteiger partial charge >= 0.3 is 6.09 Å². The van der Waals surface area contributed by atoms with E-state index in [1.165, 1.54) is 0 Å². The maximum atomic E-state index is 13.0. The molecule has 2 heterocycles. The number of carbonyl (C=O) groups excluding carboxylic acids is 2. The van der Waals surface area contributed by atoms with E-state index in [4.69, 9.17) is 9.47 Å². The highest BCUT2D eigenvalue weighted by molar-refractivity contribution is 5.98. The molecule has 0 spiro atoms. The molecule has 5 heteroatoms. The van der Waals surface area contributed by atoms with Gasteiger partial charge in [-0.1, -0.05) is 12.1 Å². The third-order valence-electron chi connectivity index (χ3n) is 5.14. The van der Waals surface area contributed by atoms with E-state index in [-0.39, 0.29) is 29.9 Å². The highest BCUT2D eigenvalue weighted by atomic mass is 16.6. The minimum atomic E-state index is -0.497. The molecule has 0 saturated carbocycles. The summed E-state index contributed by atoms with van der Waals surface area (Å²) in [6, 6.07) is 7.62. The van der Waals surface area contributed by atoms with E-state index in [1.54, 1.807) is 0 Å². The summed E-state index contributed by atoms with van der Waals surface area (Å²) in [5.41, 5.74) is 0.203. The van der Waals surface area contributed by atoms with Crippen LogP contribution in [0, 0.1) is 5.92 Å². The van der Waals surface area contributed by atoms with Gasteiger partial charge in [0.1, 0.15) is 11.4 Å². The molecule has 2 saturated heterocycles. The van der Waals surface area contributed by atoms with Crippen molar-refractivity contribution in [3.05, 3.63) is 29.8 Å². The lowest BCUT2D eigenvalue weighted by atomic mass is 9.85. The van der Waals surface area contributed by atoms with Gasteiger partial charge in [-0.05, 0) is 65.5 Å². The average Bonchev–Trinajstić information content (AvgIpc) is 2.84. The fraction of sp³-hybridized carbons (Fsp3) is 0.619. The molecule has 0 aromatic heterocycles. The predicted molar refractivity (Wildman–Crippen MR) is 99.5 cm³/mol. The van der Waals surface area contributed by atoms with Crippen LogP contribution in [-0.4, -0.2) is 41.1 Å². The molecular formula is C21H29NO4. The van der Waals surface area contributed by atoms with Crippen molar-refractivity contribution in [1.82, 2.24) is 4.90 Å². The summed E-state index contributed by atoms with van der Waals surface area (Å²) >= 11 is 0. The van der Waals surface area contributed by atoms with E-state index >= 15 is 0 Å². The molecule has 2 atom stereocenters. The van der Waals surface area contributed by atoms with Gasteiger partial charge in [-0.3, -0.25) is 4.79 Å². The normalized spacial score (nSPS) is 25.1. The van der Waals surface area contributed by atoms with E-state index in [9.17, 15) is 9.59 Å². The Morgan fingerprint density at radius 1 is 1.15 bits per heavy atom. The Bertz CT molecular complexity index is 665. The number of Topliss-reactive ketones (excluding diaryl/α,β-unsaturated/α-hetero) is 1. The standard InChI is InChI=1S/C21H29NO4/c1-5-25-18-8-6-7-14(13-18)19(23)15-11-16-9-10-17(12-15)22(16)20(24)26-21(2,3)4/h6-8,13,15-17H,5,9-12H2,1-4H3. The van der Waals surface area contributed by atoms with Gasteiger partial charge in [0.2, 0.25) is 0 Å². The van der Waals surface area contributed by atoms with Crippen molar-refractivity contribution in [3.63, 3.8) is 0 Å². The highest BCUT2D eigenvalue weighted by Gasteiger charge is 2.46. The number of ether oxygens (including phenoxy) is 2. The Kier molecular flexibility index (Phi) is 5.26. The average molecular weight is 359 g/mol. The monoisotopic (exact) mass is 359 g/mol. The van der Waals surface area contributed by atoms with E-state index in [2.05, 4.69) is 0 Å². The first-order valence-electron chi connectivity index (χ1n) is 9.57. The molecule has 2 bridgehead atoms. The summed E-state index contributed by atoms with van der Waals surface area (Å²) in [6.45, 7) is 8.16. The van der Waals surface area contributed by atoms with Crippen LogP contribution in [0.3, 0.4) is 0 Å². The van der Waals surface area contributed by atoms with Gasteiger partial charge in [0.05, 0.1) is 6.61 Å². The van der Waals surface area contributed by atoms with Crippen LogP contribution >= 0.6 is 0 Å². The number of rotatable bonds is 4. The zero-order valence-corrected chi connectivity index (χ0v) is 16.2. The van der Waals surface area contributed by atoms with Crippen molar-refractivity contribution >= 4 is 11.9 Å². The zero-order chi connectivity index (χ0) is 18.9. The van der Waals surface area contributed by atoms with Crippen LogP contribution in [0.15, 0.2) is 24.3 Å². The number of hydrogen-bond donors (Lipinski definition) is 0. The summed E-state index contributed by atoms with van der Waals surface area (Å²) < 4.78 is 11.1. The third kappa shape index (κ3) is 4.02. The number of piperidine rings is 1. The van der Waals surface area contributed by atoms with Crippen LogP contribution in [0.5, 0.6) is 5.75 Å². The first-order chi connectivity index (χ1) is 12.3. The van der Waals surface area contributed by atoms with Crippen molar-refractivity contribution < 1.29 is 19.1 Å². The topological polar surface area (TPSA) is 55.8 Å². The zero-order valence-electron chi connectivity index (χ0n) is 16.2. The van der Waals surface area contributed by atoms with Crippen molar-refractivity contribution in [1.29, 1.82) is 0 Å². The fourth-order valence-corrected chi connectivity index (χ4v) is 4.15. The first kappa shape index (κ1) is 18.7. The van der Waals surface area contributed by atoms with Crippen molar-refractivity contribution in [3.8, 4) is 5.75 Å². The molecule has 142 valence electrons. The second kappa shape index (κ2) is 7.29. The van der Waals surface area contributed by atoms with Gasteiger partial charge in [0, 0.05) is 23.6 Å². The van der Waals surface area contributed by atoms with E-state index in [0.29, 0.717) is 25.0 Å². The molecular weight excluding hydrogens is 330 g/mol. The number of benzene rings is 1. The van der Waals surface area contributed by atoms with Gasteiger partial charge in [0.25, 0.3) is 0 Å². The van der Waals surface area contributed by atoms with Crippen LogP contribution in [0.4, 0.5) is 4.79 Å². The molecule has 3 rings (SSSR count). The Hall–Kier alpha value is -2.04. The molecule has 1 aromatic rings. The molecule has 2 unspecified atom stereocenters. The second-order valence-corrected chi connectivity index (χ2v) is 8.27. The Morgan fingerprint density at radius 2 is 1.81 bits per heavy atom. The summed E-state index contributed by atoms with van der Waals surface area (Å²) in [6.07, 6.45) is 3.09. The fourth-order valence-electron chi connectivity index (χ4n) is 4.15. The minimum Gasteiger partial charge on any atom is -0.494 e. The van der Waals surface area contributed by atoms with Gasteiger partial charge in [0.15, 0.2) is 5.78 Å². The highest BCUT2D eigenvalue weighted by Crippen LogP contribution is 2.40. The summed E-state index contributed by atoms with van der Waals surface area (Å²) in [4.78, 5) is 27.4. The summed E-state index contributed by atoms with van der Waals surface area (Å²) in [5.74, 6) is 0.850. The quantitative estimate of drug-likeness (QED) is 0.746. The van der Waals surface area contributed by atoms with Gasteiger partial charge in [-0.2, -0.15) is 0 Å². The molecule has 2 aliphatic rings. The molecule has 1 amide bonds. The molecule has 0 radical (unpaired) electrons. The van der Waals surface area contributed by atoms with Crippen LogP contribution in [0.25, 0.3) is 0 Å². The molecule has 26 heavy (non-hydrogen) atoms. The number of amides is 1.